The van der Waals surface area contributed by atoms with Gasteiger partial charge >= 0.3 is 12.4 Å². The van der Waals surface area contributed by atoms with Gasteiger partial charge in [0.15, 0.2) is 0 Å². The number of ether oxygens (including phenoxy) is 1. The first-order valence-corrected chi connectivity index (χ1v) is 8.91. The predicted octanol–water partition coefficient (Wildman–Crippen LogP) is 5.52. The van der Waals surface area contributed by atoms with Crippen molar-refractivity contribution < 1.29 is 36.2 Å². The summed E-state index contributed by atoms with van der Waals surface area (Å²) in [6, 6.07) is 17.0. The number of hydrogen-bond donors (Lipinski definition) is 1. The molecule has 2 nitrogen and oxygen atoms in total. The van der Waals surface area contributed by atoms with Crippen molar-refractivity contribution in [3.63, 3.8) is 0 Å². The van der Waals surface area contributed by atoms with E-state index in [-0.39, 0.29) is 18.4 Å². The van der Waals surface area contributed by atoms with E-state index in [4.69, 9.17) is 0 Å². The van der Waals surface area contributed by atoms with E-state index >= 15 is 0 Å². The van der Waals surface area contributed by atoms with Crippen LogP contribution in [0.5, 0.6) is 0 Å². The summed E-state index contributed by atoms with van der Waals surface area (Å²) < 4.78 is 82.7. The van der Waals surface area contributed by atoms with Crippen LogP contribution in [0.1, 0.15) is 24.0 Å². The van der Waals surface area contributed by atoms with Gasteiger partial charge in [-0.3, -0.25) is 0 Å². The first-order chi connectivity index (χ1) is 13.6. The third-order valence-corrected chi connectivity index (χ3v) is 4.72. The lowest BCUT2D eigenvalue weighted by Crippen LogP contribution is -2.46. The minimum absolute atomic E-state index is 0.00556. The summed E-state index contributed by atoms with van der Waals surface area (Å²) >= 11 is 0. The highest BCUT2D eigenvalue weighted by Gasteiger charge is 2.59. The molecule has 0 spiro atoms. The van der Waals surface area contributed by atoms with Gasteiger partial charge in [-0.15, -0.1) is 0 Å². The highest BCUT2D eigenvalue weighted by Crippen LogP contribution is 2.43. The molecule has 156 valence electrons. The normalized spacial score (nSPS) is 20.3. The second-order valence-electron chi connectivity index (χ2n) is 6.74. The zero-order valence-corrected chi connectivity index (χ0v) is 15.0. The van der Waals surface area contributed by atoms with E-state index < -0.39 is 30.7 Å². The number of aliphatic hydroxyl groups is 1. The zero-order valence-electron chi connectivity index (χ0n) is 15.0. The first kappa shape index (κ1) is 21.4. The highest BCUT2D eigenvalue weighted by atomic mass is 19.4. The highest BCUT2D eigenvalue weighted by molar-refractivity contribution is 5.83. The largest absolute Gasteiger partial charge is 0.423 e. The average molecular weight is 416 g/mol. The van der Waals surface area contributed by atoms with E-state index in [2.05, 4.69) is 4.74 Å². The lowest BCUT2D eigenvalue weighted by atomic mass is 9.90. The van der Waals surface area contributed by atoms with Gasteiger partial charge < -0.3 is 9.84 Å². The number of benzene rings is 2. The third-order valence-electron chi connectivity index (χ3n) is 4.72. The Hall–Kier alpha value is -2.32. The maximum absolute atomic E-state index is 13.0. The van der Waals surface area contributed by atoms with Crippen LogP contribution >= 0.6 is 0 Å². The molecule has 1 N–H and O–H groups in total. The van der Waals surface area contributed by atoms with Crippen LogP contribution in [0.25, 0.3) is 5.57 Å². The van der Waals surface area contributed by atoms with Crippen LogP contribution in [0.15, 0.2) is 66.2 Å². The molecule has 8 heteroatoms. The van der Waals surface area contributed by atoms with Crippen molar-refractivity contribution in [1.29, 1.82) is 0 Å². The van der Waals surface area contributed by atoms with E-state index in [0.29, 0.717) is 16.7 Å². The van der Waals surface area contributed by atoms with E-state index in [1.807, 2.05) is 0 Å². The molecule has 0 amide bonds. The van der Waals surface area contributed by atoms with Crippen LogP contribution in [0.3, 0.4) is 0 Å². The van der Waals surface area contributed by atoms with Crippen LogP contribution in [0.4, 0.5) is 26.3 Å². The molecule has 0 aromatic heterocycles. The molecular formula is C21H18F6O2. The van der Waals surface area contributed by atoms with Crippen molar-refractivity contribution in [2.24, 2.45) is 0 Å². The summed E-state index contributed by atoms with van der Waals surface area (Å²) in [7, 11) is 0. The number of hydrogen-bond acceptors (Lipinski definition) is 2. The lowest BCUT2D eigenvalue weighted by molar-refractivity contribution is -0.328. The molecule has 0 bridgehead atoms. The van der Waals surface area contributed by atoms with Crippen molar-refractivity contribution >= 4 is 5.57 Å². The maximum atomic E-state index is 13.0. The predicted molar refractivity (Wildman–Crippen MR) is 94.9 cm³/mol. The van der Waals surface area contributed by atoms with Crippen LogP contribution in [-0.2, 0) is 4.74 Å². The fraction of sp³-hybridized carbons (Fsp3) is 0.333. The van der Waals surface area contributed by atoms with Gasteiger partial charge in [0.1, 0.15) is 0 Å². The summed E-state index contributed by atoms with van der Waals surface area (Å²) in [5.74, 6) is 0. The summed E-state index contributed by atoms with van der Waals surface area (Å²) in [4.78, 5) is 0. The van der Waals surface area contributed by atoms with Gasteiger partial charge in [-0.25, -0.2) is 0 Å². The third kappa shape index (κ3) is 4.82. The molecule has 0 aliphatic heterocycles. The van der Waals surface area contributed by atoms with E-state index in [0.717, 1.165) is 0 Å². The van der Waals surface area contributed by atoms with Gasteiger partial charge in [0, 0.05) is 0 Å². The first-order valence-electron chi connectivity index (χ1n) is 8.91. The molecular weight excluding hydrogens is 398 g/mol. The number of alkyl halides is 6. The van der Waals surface area contributed by atoms with Crippen LogP contribution in [-0.4, -0.2) is 35.8 Å². The molecule has 1 aliphatic rings. The molecule has 2 aromatic rings. The van der Waals surface area contributed by atoms with Crippen molar-refractivity contribution in [2.45, 2.75) is 43.5 Å². The molecule has 2 aromatic carbocycles. The molecule has 1 fully saturated rings. The Labute approximate surface area is 163 Å². The summed E-state index contributed by atoms with van der Waals surface area (Å²) in [6.07, 6.45) is -18.0. The fourth-order valence-corrected chi connectivity index (χ4v) is 3.52. The van der Waals surface area contributed by atoms with E-state index in [9.17, 15) is 31.4 Å². The van der Waals surface area contributed by atoms with E-state index in [1.165, 1.54) is 0 Å². The quantitative estimate of drug-likeness (QED) is 0.665. The van der Waals surface area contributed by atoms with Crippen molar-refractivity contribution in [3.8, 4) is 0 Å². The Balaban J connectivity index is 2.12. The molecule has 3 rings (SSSR count). The summed E-state index contributed by atoms with van der Waals surface area (Å²) in [5, 5.41) is 10.5. The Morgan fingerprint density at radius 3 is 1.66 bits per heavy atom. The SMILES string of the molecule is O[C@H]1CC[C@@H](OC(C(F)(F)F)C(F)(F)F)C1=C(c1ccccc1)c1ccccc1. The second kappa shape index (κ2) is 8.20. The Morgan fingerprint density at radius 1 is 0.793 bits per heavy atom. The standard InChI is InChI=1S/C21H18F6O2/c22-20(23,24)19(21(25,26)27)29-16-12-11-15(28)18(16)17(13-7-3-1-4-8-13)14-9-5-2-6-10-14/h1-10,15-16,19,28H,11-12H2/t15-,16+/m0/s1. The van der Waals surface area contributed by atoms with Gasteiger partial charge in [-0.2, -0.15) is 26.3 Å². The van der Waals surface area contributed by atoms with Gasteiger partial charge in [0.2, 0.25) is 6.10 Å². The zero-order chi connectivity index (χ0) is 21.2. The molecule has 2 atom stereocenters. The Bertz CT molecular complexity index is 787. The maximum Gasteiger partial charge on any atom is 0.423 e. The number of aliphatic hydroxyl groups excluding tert-OH is 1. The van der Waals surface area contributed by atoms with Crippen molar-refractivity contribution in [1.82, 2.24) is 0 Å². The topological polar surface area (TPSA) is 29.5 Å². The smallest absolute Gasteiger partial charge is 0.389 e. The molecule has 1 saturated carbocycles. The molecule has 29 heavy (non-hydrogen) atoms. The summed E-state index contributed by atoms with van der Waals surface area (Å²) in [6.45, 7) is 0. The second-order valence-corrected chi connectivity index (χ2v) is 6.74. The molecule has 1 aliphatic carbocycles. The van der Waals surface area contributed by atoms with Crippen molar-refractivity contribution in [3.05, 3.63) is 77.4 Å². The van der Waals surface area contributed by atoms with Gasteiger partial charge in [0.25, 0.3) is 0 Å². The van der Waals surface area contributed by atoms with Crippen LogP contribution in [0.2, 0.25) is 0 Å². The Kier molecular flexibility index (Phi) is 6.05. The minimum Gasteiger partial charge on any atom is -0.389 e. The van der Waals surface area contributed by atoms with Gasteiger partial charge in [-0.05, 0) is 35.1 Å². The fourth-order valence-electron chi connectivity index (χ4n) is 3.52. The minimum atomic E-state index is -5.61. The van der Waals surface area contributed by atoms with Gasteiger partial charge in [0.05, 0.1) is 12.2 Å². The lowest BCUT2D eigenvalue weighted by Gasteiger charge is -2.28. The summed E-state index contributed by atoms with van der Waals surface area (Å²) in [5.41, 5.74) is 1.54. The number of rotatable bonds is 4. The molecule has 0 unspecified atom stereocenters. The van der Waals surface area contributed by atoms with Crippen LogP contribution < -0.4 is 0 Å². The molecule has 0 radical (unpaired) electrons. The monoisotopic (exact) mass is 416 g/mol. The van der Waals surface area contributed by atoms with Crippen molar-refractivity contribution in [2.75, 3.05) is 0 Å². The van der Waals surface area contributed by atoms with Gasteiger partial charge in [-0.1, -0.05) is 60.7 Å². The Morgan fingerprint density at radius 2 is 1.24 bits per heavy atom. The molecule has 0 heterocycles. The average Bonchev–Trinajstić information content (AvgIpc) is 3.00. The number of halogens is 6. The molecule has 0 saturated heterocycles. The van der Waals surface area contributed by atoms with E-state index in [1.54, 1.807) is 60.7 Å². The van der Waals surface area contributed by atoms with Crippen LogP contribution in [0, 0.1) is 0 Å².